The van der Waals surface area contributed by atoms with E-state index < -0.39 is 10.0 Å². The number of halogens is 1. The molecular formula is C18H18ClN3O2S. The van der Waals surface area contributed by atoms with Crippen LogP contribution in [0.3, 0.4) is 0 Å². The number of benzene rings is 2. The fraction of sp³-hybridized carbons (Fsp3) is 0.167. The zero-order chi connectivity index (χ0) is 18.2. The van der Waals surface area contributed by atoms with E-state index in [4.69, 9.17) is 11.6 Å². The smallest absolute Gasteiger partial charge is 0.242 e. The number of hydrogen-bond donors (Lipinski definition) is 1. The molecule has 0 aliphatic carbocycles. The Morgan fingerprint density at radius 1 is 1.20 bits per heavy atom. The maximum atomic E-state index is 12.2. The molecule has 0 saturated heterocycles. The summed E-state index contributed by atoms with van der Waals surface area (Å²) >= 11 is 6.39. The standard InChI is InChI=1S/C18H18ClN3O2S/c1-12-5-4-6-13(9-12)10-15(19)18-20-16-8-7-14(11-17(16)21-18)25(23,24)22(2)3/h4-11H,1-3H3,(H,20,21)/b15-10-. The molecule has 25 heavy (non-hydrogen) atoms. The summed E-state index contributed by atoms with van der Waals surface area (Å²) in [6, 6.07) is 12.7. The SMILES string of the molecule is Cc1cccc(/C=C(\Cl)c2nc3ccc(S(=O)(=O)N(C)C)cc3[nH]2)c1. The highest BCUT2D eigenvalue weighted by atomic mass is 35.5. The van der Waals surface area contributed by atoms with Gasteiger partial charge in [-0.05, 0) is 36.8 Å². The molecule has 0 aliphatic heterocycles. The topological polar surface area (TPSA) is 66.1 Å². The van der Waals surface area contributed by atoms with E-state index in [-0.39, 0.29) is 4.90 Å². The molecule has 5 nitrogen and oxygen atoms in total. The third-order valence-corrected chi connectivity index (χ3v) is 5.89. The number of sulfonamides is 1. The van der Waals surface area contributed by atoms with Crippen molar-refractivity contribution in [1.82, 2.24) is 14.3 Å². The molecule has 3 rings (SSSR count). The molecule has 0 radical (unpaired) electrons. The monoisotopic (exact) mass is 375 g/mol. The summed E-state index contributed by atoms with van der Waals surface area (Å²) in [4.78, 5) is 7.73. The third-order valence-electron chi connectivity index (χ3n) is 3.79. The summed E-state index contributed by atoms with van der Waals surface area (Å²) in [5, 5.41) is 0.457. The summed E-state index contributed by atoms with van der Waals surface area (Å²) in [5.41, 5.74) is 3.39. The molecule has 0 spiro atoms. The van der Waals surface area contributed by atoms with Crippen molar-refractivity contribution in [2.75, 3.05) is 14.1 Å². The molecule has 1 heterocycles. The summed E-state index contributed by atoms with van der Waals surface area (Å²) in [7, 11) is -0.496. The Morgan fingerprint density at radius 2 is 1.96 bits per heavy atom. The molecular weight excluding hydrogens is 358 g/mol. The zero-order valence-corrected chi connectivity index (χ0v) is 15.7. The molecule has 0 atom stereocenters. The van der Waals surface area contributed by atoms with Crippen LogP contribution in [0.15, 0.2) is 47.4 Å². The summed E-state index contributed by atoms with van der Waals surface area (Å²) in [6.07, 6.45) is 1.82. The number of imidazole rings is 1. The number of hydrogen-bond acceptors (Lipinski definition) is 3. The van der Waals surface area contributed by atoms with Gasteiger partial charge in [0.25, 0.3) is 0 Å². The first-order chi connectivity index (χ1) is 11.8. The van der Waals surface area contributed by atoms with Gasteiger partial charge in [0.2, 0.25) is 10.0 Å². The fourth-order valence-corrected chi connectivity index (χ4v) is 3.59. The van der Waals surface area contributed by atoms with Crippen LogP contribution in [0.25, 0.3) is 22.1 Å². The molecule has 0 fully saturated rings. The predicted molar refractivity (Wildman–Crippen MR) is 102 cm³/mol. The van der Waals surface area contributed by atoms with E-state index in [1.807, 2.05) is 37.3 Å². The highest BCUT2D eigenvalue weighted by Crippen LogP contribution is 2.25. The Morgan fingerprint density at radius 3 is 2.64 bits per heavy atom. The minimum absolute atomic E-state index is 0.207. The first-order valence-electron chi connectivity index (χ1n) is 7.64. The molecule has 130 valence electrons. The number of nitrogens with one attached hydrogen (secondary N) is 1. The van der Waals surface area contributed by atoms with Crippen LogP contribution >= 0.6 is 11.6 Å². The lowest BCUT2D eigenvalue weighted by Crippen LogP contribution is -2.22. The van der Waals surface area contributed by atoms with Crippen LogP contribution < -0.4 is 0 Å². The van der Waals surface area contributed by atoms with Crippen molar-refractivity contribution in [3.8, 4) is 0 Å². The molecule has 3 aromatic rings. The quantitative estimate of drug-likeness (QED) is 0.753. The van der Waals surface area contributed by atoms with E-state index in [1.165, 1.54) is 18.4 Å². The highest BCUT2D eigenvalue weighted by molar-refractivity contribution is 7.89. The lowest BCUT2D eigenvalue weighted by Gasteiger charge is -2.10. The predicted octanol–water partition coefficient (Wildman–Crippen LogP) is 3.86. The Labute approximate surface area is 152 Å². The lowest BCUT2D eigenvalue weighted by atomic mass is 10.1. The average molecular weight is 376 g/mol. The van der Waals surface area contributed by atoms with Crippen molar-refractivity contribution >= 4 is 43.8 Å². The summed E-state index contributed by atoms with van der Waals surface area (Å²) in [5.74, 6) is 0.498. The minimum atomic E-state index is -3.49. The van der Waals surface area contributed by atoms with E-state index in [2.05, 4.69) is 9.97 Å². The number of aromatic nitrogens is 2. The van der Waals surface area contributed by atoms with Gasteiger partial charge >= 0.3 is 0 Å². The molecule has 0 amide bonds. The van der Waals surface area contributed by atoms with E-state index in [0.29, 0.717) is 21.9 Å². The lowest BCUT2D eigenvalue weighted by molar-refractivity contribution is 0.521. The Kier molecular flexibility index (Phi) is 4.69. The van der Waals surface area contributed by atoms with Crippen molar-refractivity contribution in [3.05, 3.63) is 59.4 Å². The van der Waals surface area contributed by atoms with Gasteiger partial charge in [-0.1, -0.05) is 41.4 Å². The van der Waals surface area contributed by atoms with Crippen LogP contribution in [0.4, 0.5) is 0 Å². The molecule has 1 N–H and O–H groups in total. The molecule has 7 heteroatoms. The van der Waals surface area contributed by atoms with Gasteiger partial charge in [-0.3, -0.25) is 0 Å². The second-order valence-electron chi connectivity index (χ2n) is 5.96. The number of aromatic amines is 1. The van der Waals surface area contributed by atoms with Crippen LogP contribution in [0.1, 0.15) is 17.0 Å². The van der Waals surface area contributed by atoms with Crippen LogP contribution in [0, 0.1) is 6.92 Å². The second kappa shape index (κ2) is 6.63. The first kappa shape index (κ1) is 17.7. The first-order valence-corrected chi connectivity index (χ1v) is 9.46. The van der Waals surface area contributed by atoms with Gasteiger partial charge in [-0.25, -0.2) is 17.7 Å². The molecule has 0 bridgehead atoms. The van der Waals surface area contributed by atoms with Crippen molar-refractivity contribution < 1.29 is 8.42 Å². The molecule has 1 aromatic heterocycles. The molecule has 0 unspecified atom stereocenters. The summed E-state index contributed by atoms with van der Waals surface area (Å²) in [6.45, 7) is 2.01. The number of aryl methyl sites for hydroxylation is 1. The van der Waals surface area contributed by atoms with Gasteiger partial charge in [0, 0.05) is 14.1 Å². The second-order valence-corrected chi connectivity index (χ2v) is 8.52. The number of rotatable bonds is 4. The highest BCUT2D eigenvalue weighted by Gasteiger charge is 2.18. The number of fused-ring (bicyclic) bond motifs is 1. The minimum Gasteiger partial charge on any atom is -0.337 e. The van der Waals surface area contributed by atoms with Crippen molar-refractivity contribution in [2.24, 2.45) is 0 Å². The van der Waals surface area contributed by atoms with Gasteiger partial charge in [0.15, 0.2) is 0 Å². The molecule has 0 aliphatic rings. The number of H-pyrrole nitrogens is 1. The Bertz CT molecular complexity index is 1070. The average Bonchev–Trinajstić information content (AvgIpc) is 2.98. The third kappa shape index (κ3) is 3.61. The maximum absolute atomic E-state index is 12.2. The van der Waals surface area contributed by atoms with Crippen LogP contribution in [0.5, 0.6) is 0 Å². The zero-order valence-electron chi connectivity index (χ0n) is 14.1. The molecule has 2 aromatic carbocycles. The number of nitrogens with zero attached hydrogens (tertiary/aromatic N) is 2. The van der Waals surface area contributed by atoms with Gasteiger partial charge in [-0.2, -0.15) is 0 Å². The van der Waals surface area contributed by atoms with E-state index in [0.717, 1.165) is 11.1 Å². The largest absolute Gasteiger partial charge is 0.337 e. The van der Waals surface area contributed by atoms with Crippen molar-refractivity contribution in [2.45, 2.75) is 11.8 Å². The van der Waals surface area contributed by atoms with Gasteiger partial charge in [0.05, 0.1) is 21.0 Å². The Balaban J connectivity index is 2.01. The Hall–Kier alpha value is -2.15. The maximum Gasteiger partial charge on any atom is 0.242 e. The van der Waals surface area contributed by atoms with Crippen molar-refractivity contribution in [1.29, 1.82) is 0 Å². The summed E-state index contributed by atoms with van der Waals surface area (Å²) < 4.78 is 25.7. The van der Waals surface area contributed by atoms with E-state index in [9.17, 15) is 8.42 Å². The van der Waals surface area contributed by atoms with Crippen LogP contribution in [-0.2, 0) is 10.0 Å². The van der Waals surface area contributed by atoms with Gasteiger partial charge in [0.1, 0.15) is 5.82 Å². The van der Waals surface area contributed by atoms with Gasteiger partial charge in [-0.15, -0.1) is 0 Å². The molecule has 0 saturated carbocycles. The van der Waals surface area contributed by atoms with Crippen LogP contribution in [-0.4, -0.2) is 36.8 Å². The van der Waals surface area contributed by atoms with Crippen molar-refractivity contribution in [3.63, 3.8) is 0 Å². The van der Waals surface area contributed by atoms with Crippen LogP contribution in [0.2, 0.25) is 0 Å². The van der Waals surface area contributed by atoms with E-state index >= 15 is 0 Å². The fourth-order valence-electron chi connectivity index (χ4n) is 2.45. The van der Waals surface area contributed by atoms with Gasteiger partial charge < -0.3 is 4.98 Å². The van der Waals surface area contributed by atoms with E-state index in [1.54, 1.807) is 18.2 Å². The normalized spacial score (nSPS) is 12.9.